The number of carboxylic acids is 1. The fraction of sp³-hybridized carbons (Fsp3) is 0.448. The summed E-state index contributed by atoms with van der Waals surface area (Å²) in [7, 11) is 0. The molecule has 2 heterocycles. The number of anilines is 1. The van der Waals surface area contributed by atoms with Crippen molar-refractivity contribution in [3.05, 3.63) is 59.3 Å². The largest absolute Gasteiger partial charge is 0.490 e. The van der Waals surface area contributed by atoms with Crippen LogP contribution in [0.25, 0.3) is 21.5 Å². The van der Waals surface area contributed by atoms with Crippen LogP contribution in [0.3, 0.4) is 0 Å². The average Bonchev–Trinajstić information content (AvgIpc) is 3.59. The van der Waals surface area contributed by atoms with Gasteiger partial charge < -0.3 is 15.7 Å². The van der Waals surface area contributed by atoms with E-state index in [1.165, 1.54) is 42.7 Å². The number of carboxylic acid groups (broad SMARTS) is 1. The smallest absolute Gasteiger partial charge is 0.475 e. The van der Waals surface area contributed by atoms with Crippen LogP contribution in [0, 0.1) is 6.92 Å². The number of halogens is 6. The summed E-state index contributed by atoms with van der Waals surface area (Å²) >= 11 is 1.45. The minimum Gasteiger partial charge on any atom is -0.475 e. The van der Waals surface area contributed by atoms with Gasteiger partial charge >= 0.3 is 18.3 Å². The highest BCUT2D eigenvalue weighted by Crippen LogP contribution is 2.31. The molecule has 0 saturated carbocycles. The van der Waals surface area contributed by atoms with Crippen molar-refractivity contribution >= 4 is 33.3 Å². The van der Waals surface area contributed by atoms with E-state index in [-0.39, 0.29) is 6.04 Å². The zero-order chi connectivity index (χ0) is 32.3. The van der Waals surface area contributed by atoms with E-state index in [2.05, 4.69) is 44.0 Å². The molecule has 4 N–H and O–H groups in total. The maximum absolute atomic E-state index is 13.2. The van der Waals surface area contributed by atoms with E-state index in [0.717, 1.165) is 52.6 Å². The van der Waals surface area contributed by atoms with E-state index in [4.69, 9.17) is 9.90 Å². The molecule has 0 saturated heterocycles. The van der Waals surface area contributed by atoms with E-state index in [1.54, 1.807) is 6.07 Å². The third kappa shape index (κ3) is 10.8. The second-order valence-corrected chi connectivity index (χ2v) is 11.1. The maximum Gasteiger partial charge on any atom is 0.490 e. The SMILES string of the molecule is CCCCCCCNC(CNc1nnc(-c2ccc3n[nH]c(C)c3c2)s1)Cc1cccc(C(F)(F)F)c1.O=C(O)C(F)(F)F. The Morgan fingerprint density at radius 1 is 1.02 bits per heavy atom. The first-order valence-corrected chi connectivity index (χ1v) is 14.8. The Labute approximate surface area is 254 Å². The van der Waals surface area contributed by atoms with Crippen LogP contribution in [0.2, 0.25) is 0 Å². The number of aromatic amines is 1. The summed E-state index contributed by atoms with van der Waals surface area (Å²) in [5.74, 6) is -2.76. The zero-order valence-corrected chi connectivity index (χ0v) is 25.0. The van der Waals surface area contributed by atoms with E-state index in [1.807, 2.05) is 19.1 Å². The summed E-state index contributed by atoms with van der Waals surface area (Å²) in [6.07, 6.45) is -3.16. The number of nitrogens with one attached hydrogen (secondary N) is 3. The number of fused-ring (bicyclic) bond motifs is 1. The first-order valence-electron chi connectivity index (χ1n) is 14.0. The van der Waals surface area contributed by atoms with Gasteiger partial charge in [0, 0.05) is 29.2 Å². The number of aromatic nitrogens is 4. The fourth-order valence-corrected chi connectivity index (χ4v) is 5.05. The topological polar surface area (TPSA) is 116 Å². The van der Waals surface area contributed by atoms with Crippen molar-refractivity contribution in [2.45, 2.75) is 70.8 Å². The molecule has 0 aliphatic rings. The molecule has 4 aromatic rings. The quantitative estimate of drug-likeness (QED) is 0.0874. The fourth-order valence-electron chi connectivity index (χ4n) is 4.30. The molecule has 8 nitrogen and oxygen atoms in total. The van der Waals surface area contributed by atoms with Gasteiger partial charge in [0.15, 0.2) is 0 Å². The van der Waals surface area contributed by atoms with Gasteiger partial charge in [-0.1, -0.05) is 62.1 Å². The zero-order valence-electron chi connectivity index (χ0n) is 24.1. The van der Waals surface area contributed by atoms with Gasteiger partial charge in [-0.2, -0.15) is 31.4 Å². The Morgan fingerprint density at radius 3 is 2.43 bits per heavy atom. The second kappa shape index (κ2) is 15.8. The van der Waals surface area contributed by atoms with Crippen molar-refractivity contribution in [3.8, 4) is 10.6 Å². The predicted molar refractivity (Wildman–Crippen MR) is 158 cm³/mol. The van der Waals surface area contributed by atoms with E-state index < -0.39 is 23.9 Å². The number of H-pyrrole nitrogens is 1. The molecule has 1 atom stereocenters. The van der Waals surface area contributed by atoms with E-state index >= 15 is 0 Å². The van der Waals surface area contributed by atoms with Gasteiger partial charge in [0.1, 0.15) is 5.01 Å². The van der Waals surface area contributed by atoms with Crippen molar-refractivity contribution in [1.29, 1.82) is 0 Å². The van der Waals surface area contributed by atoms with Crippen LogP contribution in [-0.2, 0) is 17.4 Å². The highest BCUT2D eigenvalue weighted by Gasteiger charge is 2.38. The second-order valence-electron chi connectivity index (χ2n) is 10.1. The molecule has 240 valence electrons. The summed E-state index contributed by atoms with van der Waals surface area (Å²) in [6, 6.07) is 11.5. The molecule has 4 rings (SSSR count). The van der Waals surface area contributed by atoms with Crippen LogP contribution in [0.1, 0.15) is 55.8 Å². The Balaban J connectivity index is 0.000000676. The number of nitrogens with zero attached hydrogens (tertiary/aromatic N) is 3. The van der Waals surface area contributed by atoms with Gasteiger partial charge in [-0.25, -0.2) is 4.79 Å². The van der Waals surface area contributed by atoms with Crippen LogP contribution in [0.4, 0.5) is 31.5 Å². The number of carbonyl (C=O) groups is 1. The number of alkyl halides is 6. The maximum atomic E-state index is 13.2. The molecule has 0 radical (unpaired) electrons. The number of benzene rings is 2. The Morgan fingerprint density at radius 2 is 1.75 bits per heavy atom. The lowest BCUT2D eigenvalue weighted by Gasteiger charge is -2.20. The highest BCUT2D eigenvalue weighted by molar-refractivity contribution is 7.18. The molecule has 0 aliphatic carbocycles. The minimum atomic E-state index is -5.08. The Bertz CT molecular complexity index is 1490. The monoisotopic (exact) mass is 644 g/mol. The number of aryl methyl sites for hydroxylation is 1. The third-order valence-corrected chi connectivity index (χ3v) is 7.54. The van der Waals surface area contributed by atoms with Crippen molar-refractivity contribution in [3.63, 3.8) is 0 Å². The molecule has 1 unspecified atom stereocenters. The first-order chi connectivity index (χ1) is 20.8. The number of hydrogen-bond donors (Lipinski definition) is 4. The number of rotatable bonds is 13. The molecule has 0 aliphatic heterocycles. The lowest BCUT2D eigenvalue weighted by molar-refractivity contribution is -0.192. The molecular weight excluding hydrogens is 610 g/mol. The molecule has 2 aromatic heterocycles. The molecule has 0 amide bonds. The standard InChI is InChI=1S/C27H33F3N6S.C2HF3O2/c1-3-4-5-6-7-13-31-22(15-19-9-8-10-21(14-19)27(28,29)30)17-32-26-36-35-25(37-26)20-11-12-24-23(16-20)18(2)33-34-24;3-2(4,5)1(6)7/h8-12,14,16,22,31H,3-7,13,15,17H2,1-2H3,(H,32,36)(H,33,34);(H,6,7). The third-order valence-electron chi connectivity index (χ3n) is 6.61. The summed E-state index contributed by atoms with van der Waals surface area (Å²) in [4.78, 5) is 8.90. The van der Waals surface area contributed by atoms with Gasteiger partial charge in [0.2, 0.25) is 5.13 Å². The van der Waals surface area contributed by atoms with Crippen LogP contribution in [0.5, 0.6) is 0 Å². The lowest BCUT2D eigenvalue weighted by atomic mass is 10.0. The molecule has 15 heteroatoms. The van der Waals surface area contributed by atoms with Crippen molar-refractivity contribution < 1.29 is 36.2 Å². The summed E-state index contributed by atoms with van der Waals surface area (Å²) < 4.78 is 71.4. The number of unbranched alkanes of at least 4 members (excludes halogenated alkanes) is 4. The lowest BCUT2D eigenvalue weighted by Crippen LogP contribution is -2.38. The normalized spacial score (nSPS) is 12.5. The van der Waals surface area contributed by atoms with Gasteiger partial charge in [0.05, 0.1) is 11.1 Å². The number of hydrogen-bond acceptors (Lipinski definition) is 7. The van der Waals surface area contributed by atoms with Crippen LogP contribution in [-0.4, -0.2) is 56.8 Å². The van der Waals surface area contributed by atoms with E-state index in [0.29, 0.717) is 23.7 Å². The van der Waals surface area contributed by atoms with Crippen molar-refractivity contribution in [2.24, 2.45) is 0 Å². The molecule has 44 heavy (non-hydrogen) atoms. The van der Waals surface area contributed by atoms with Gasteiger partial charge in [-0.15, -0.1) is 10.2 Å². The molecule has 2 aromatic carbocycles. The number of aliphatic carboxylic acids is 1. The van der Waals surface area contributed by atoms with Crippen molar-refractivity contribution in [2.75, 3.05) is 18.4 Å². The Hall–Kier alpha value is -3.72. The van der Waals surface area contributed by atoms with Gasteiger partial charge in [0.25, 0.3) is 0 Å². The minimum absolute atomic E-state index is 0.0491. The molecule has 0 spiro atoms. The van der Waals surface area contributed by atoms with Crippen LogP contribution < -0.4 is 10.6 Å². The van der Waals surface area contributed by atoms with Crippen molar-refractivity contribution in [1.82, 2.24) is 25.7 Å². The molecular formula is C29H34F6N6O2S. The van der Waals surface area contributed by atoms with Crippen LogP contribution in [0.15, 0.2) is 42.5 Å². The highest BCUT2D eigenvalue weighted by atomic mass is 32.1. The van der Waals surface area contributed by atoms with Gasteiger partial charge in [-0.05, 0) is 56.1 Å². The summed E-state index contributed by atoms with van der Waals surface area (Å²) in [6.45, 7) is 5.51. The summed E-state index contributed by atoms with van der Waals surface area (Å²) in [5.41, 5.74) is 2.91. The van der Waals surface area contributed by atoms with E-state index in [9.17, 15) is 26.3 Å². The Kier molecular flexibility index (Phi) is 12.5. The average molecular weight is 645 g/mol. The van der Waals surface area contributed by atoms with Crippen LogP contribution >= 0.6 is 11.3 Å². The molecule has 0 bridgehead atoms. The summed E-state index contributed by atoms with van der Waals surface area (Å²) in [5, 5.41) is 32.4. The molecule has 0 fully saturated rings. The van der Waals surface area contributed by atoms with Gasteiger partial charge in [-0.3, -0.25) is 5.10 Å². The predicted octanol–water partition coefficient (Wildman–Crippen LogP) is 7.63. The first kappa shape index (κ1) is 34.8.